The van der Waals surface area contributed by atoms with Crippen molar-refractivity contribution in [1.29, 1.82) is 0 Å². The van der Waals surface area contributed by atoms with Crippen LogP contribution in [0.25, 0.3) is 0 Å². The third kappa shape index (κ3) is 3.40. The zero-order valence-electron chi connectivity index (χ0n) is 14.0. The average Bonchev–Trinajstić information content (AvgIpc) is 2.75. The van der Waals surface area contributed by atoms with Gasteiger partial charge in [0.05, 0.1) is 12.2 Å². The zero-order valence-corrected chi connectivity index (χ0v) is 14.0. The van der Waals surface area contributed by atoms with Gasteiger partial charge in [-0.15, -0.1) is 0 Å². The van der Waals surface area contributed by atoms with Crippen LogP contribution in [0.2, 0.25) is 0 Å². The van der Waals surface area contributed by atoms with Gasteiger partial charge < -0.3 is 15.4 Å². The summed E-state index contributed by atoms with van der Waals surface area (Å²) in [7, 11) is 0. The maximum atomic E-state index is 12.7. The third-order valence-corrected chi connectivity index (χ3v) is 4.01. The Morgan fingerprint density at radius 3 is 2.88 bits per heavy atom. The van der Waals surface area contributed by atoms with Crippen LogP contribution in [0.1, 0.15) is 16.7 Å². The minimum Gasteiger partial charge on any atom is -0.483 e. The van der Waals surface area contributed by atoms with Gasteiger partial charge in [0, 0.05) is 24.0 Å². The lowest BCUT2D eigenvalue weighted by Gasteiger charge is -2.23. The van der Waals surface area contributed by atoms with E-state index in [1.54, 1.807) is 17.2 Å². The van der Waals surface area contributed by atoms with E-state index in [0.29, 0.717) is 18.8 Å². The number of ether oxygens (including phenoxy) is 1. The van der Waals surface area contributed by atoms with E-state index in [1.165, 1.54) is 5.56 Å². The fourth-order valence-corrected chi connectivity index (χ4v) is 2.80. The van der Waals surface area contributed by atoms with Crippen LogP contribution in [0.15, 0.2) is 41.4 Å². The molecular weight excluding hydrogens is 302 g/mol. The first-order valence-electron chi connectivity index (χ1n) is 7.94. The Balaban J connectivity index is 1.76. The van der Waals surface area contributed by atoms with Crippen molar-refractivity contribution in [2.45, 2.75) is 13.8 Å². The predicted octanol–water partition coefficient (Wildman–Crippen LogP) is 2.73. The van der Waals surface area contributed by atoms with E-state index in [0.717, 1.165) is 22.6 Å². The molecule has 0 atom stereocenters. The zero-order chi connectivity index (χ0) is 17.1. The molecule has 0 fully saturated rings. The van der Waals surface area contributed by atoms with E-state index in [1.807, 2.05) is 44.2 Å². The van der Waals surface area contributed by atoms with Crippen molar-refractivity contribution in [3.8, 4) is 5.75 Å². The Labute approximate surface area is 141 Å². The highest BCUT2D eigenvalue weighted by Gasteiger charge is 2.20. The Hall–Kier alpha value is -2.82. The summed E-state index contributed by atoms with van der Waals surface area (Å²) in [4.78, 5) is 18.7. The second-order valence-electron chi connectivity index (χ2n) is 5.96. The number of carbonyl (C=O) groups is 1. The molecule has 1 amide bonds. The minimum atomic E-state index is -0.0912. The summed E-state index contributed by atoms with van der Waals surface area (Å²) in [5.41, 5.74) is 10.3. The molecule has 124 valence electrons. The lowest BCUT2D eigenvalue weighted by Crippen LogP contribution is -2.37. The van der Waals surface area contributed by atoms with E-state index in [4.69, 9.17) is 10.5 Å². The Morgan fingerprint density at radius 1 is 1.25 bits per heavy atom. The molecule has 0 spiro atoms. The van der Waals surface area contributed by atoms with Gasteiger partial charge in [0.2, 0.25) is 0 Å². The number of aryl methyl sites for hydroxylation is 2. The monoisotopic (exact) mass is 323 g/mol. The van der Waals surface area contributed by atoms with Crippen LogP contribution in [0.5, 0.6) is 5.75 Å². The number of benzodiazepines with no additional fused rings is 1. The highest BCUT2D eigenvalue weighted by molar-refractivity contribution is 6.01. The van der Waals surface area contributed by atoms with E-state index in [9.17, 15) is 4.79 Å². The number of amides is 1. The van der Waals surface area contributed by atoms with Crippen molar-refractivity contribution >= 4 is 23.5 Å². The number of rotatable bonds is 3. The number of anilines is 2. The second kappa shape index (κ2) is 6.74. The van der Waals surface area contributed by atoms with Gasteiger partial charge >= 0.3 is 0 Å². The second-order valence-corrected chi connectivity index (χ2v) is 5.96. The summed E-state index contributed by atoms with van der Waals surface area (Å²) >= 11 is 0. The average molecular weight is 323 g/mol. The van der Waals surface area contributed by atoms with Crippen molar-refractivity contribution < 1.29 is 9.53 Å². The normalized spacial score (nSPS) is 13.3. The number of fused-ring (bicyclic) bond motifs is 1. The van der Waals surface area contributed by atoms with E-state index in [2.05, 4.69) is 4.99 Å². The first-order valence-corrected chi connectivity index (χ1v) is 7.94. The molecule has 0 radical (unpaired) electrons. The number of aliphatic imine (C=N–C) groups is 1. The molecule has 1 aliphatic rings. The first kappa shape index (κ1) is 16.1. The maximum absolute atomic E-state index is 12.7. The number of carbonyl (C=O) groups excluding carboxylic acids is 1. The van der Waals surface area contributed by atoms with Crippen LogP contribution in [0, 0.1) is 13.8 Å². The maximum Gasteiger partial charge on any atom is 0.264 e. The summed E-state index contributed by atoms with van der Waals surface area (Å²) in [5.74, 6) is 0.643. The number of nitrogens with zero attached hydrogens (tertiary/aromatic N) is 2. The van der Waals surface area contributed by atoms with Crippen molar-refractivity contribution in [1.82, 2.24) is 0 Å². The van der Waals surface area contributed by atoms with Crippen LogP contribution in [0.4, 0.5) is 11.4 Å². The molecule has 2 N–H and O–H groups in total. The fourth-order valence-electron chi connectivity index (χ4n) is 2.80. The number of benzene rings is 2. The topological polar surface area (TPSA) is 67.9 Å². The van der Waals surface area contributed by atoms with Crippen LogP contribution in [-0.4, -0.2) is 31.8 Å². The van der Waals surface area contributed by atoms with E-state index in [-0.39, 0.29) is 12.5 Å². The number of hydrogen-bond donors (Lipinski definition) is 1. The fraction of sp³-hybridized carbons (Fsp3) is 0.263. The predicted molar refractivity (Wildman–Crippen MR) is 97.1 cm³/mol. The van der Waals surface area contributed by atoms with Crippen LogP contribution in [0.3, 0.4) is 0 Å². The summed E-state index contributed by atoms with van der Waals surface area (Å²) in [5, 5.41) is 0. The molecule has 2 aromatic carbocycles. The molecule has 3 rings (SSSR count). The molecule has 0 saturated carbocycles. The lowest BCUT2D eigenvalue weighted by atomic mass is 10.1. The van der Waals surface area contributed by atoms with Crippen LogP contribution < -0.4 is 15.4 Å². The van der Waals surface area contributed by atoms with Gasteiger partial charge in [0.15, 0.2) is 6.61 Å². The molecule has 0 saturated heterocycles. The molecule has 5 heteroatoms. The van der Waals surface area contributed by atoms with Gasteiger partial charge in [-0.25, -0.2) is 0 Å². The van der Waals surface area contributed by atoms with Crippen molar-refractivity contribution in [2.24, 2.45) is 4.99 Å². The van der Waals surface area contributed by atoms with E-state index < -0.39 is 0 Å². The summed E-state index contributed by atoms with van der Waals surface area (Å²) in [6.07, 6.45) is 1.77. The van der Waals surface area contributed by atoms with Crippen molar-refractivity contribution in [2.75, 3.05) is 30.3 Å². The summed E-state index contributed by atoms with van der Waals surface area (Å²) < 4.78 is 5.73. The Morgan fingerprint density at radius 2 is 2.08 bits per heavy atom. The largest absolute Gasteiger partial charge is 0.483 e. The molecule has 0 unspecified atom stereocenters. The van der Waals surface area contributed by atoms with Gasteiger partial charge in [-0.05, 0) is 43.7 Å². The molecule has 0 aliphatic carbocycles. The van der Waals surface area contributed by atoms with Gasteiger partial charge in [0.1, 0.15) is 5.75 Å². The van der Waals surface area contributed by atoms with Crippen molar-refractivity contribution in [3.05, 3.63) is 53.1 Å². The third-order valence-electron chi connectivity index (χ3n) is 4.01. The number of nitrogens with two attached hydrogens (primary N) is 1. The number of hydrogen-bond acceptors (Lipinski definition) is 4. The van der Waals surface area contributed by atoms with Gasteiger partial charge in [-0.1, -0.05) is 17.7 Å². The smallest absolute Gasteiger partial charge is 0.264 e. The SMILES string of the molecule is Cc1ccc(OCC(=O)N2CCN=Cc3cc(N)ccc32)c(C)c1. The summed E-state index contributed by atoms with van der Waals surface area (Å²) in [6.45, 7) is 5.09. The van der Waals surface area contributed by atoms with Gasteiger partial charge in [0.25, 0.3) is 5.91 Å². The molecule has 0 bridgehead atoms. The molecule has 1 heterocycles. The van der Waals surface area contributed by atoms with Crippen LogP contribution in [-0.2, 0) is 4.79 Å². The highest BCUT2D eigenvalue weighted by Crippen LogP contribution is 2.24. The summed E-state index contributed by atoms with van der Waals surface area (Å²) in [6, 6.07) is 11.4. The Kier molecular flexibility index (Phi) is 4.51. The molecular formula is C19H21N3O2. The molecule has 24 heavy (non-hydrogen) atoms. The van der Waals surface area contributed by atoms with Gasteiger partial charge in [-0.2, -0.15) is 0 Å². The first-order chi connectivity index (χ1) is 11.5. The standard InChI is InChI=1S/C19H21N3O2/c1-13-3-6-18(14(2)9-13)24-12-19(23)22-8-7-21-11-15-10-16(20)4-5-17(15)22/h3-6,9-11H,7-8,12,20H2,1-2H3. The molecule has 1 aliphatic heterocycles. The molecule has 5 nitrogen and oxygen atoms in total. The number of nitrogen functional groups attached to an aromatic ring is 1. The van der Waals surface area contributed by atoms with E-state index >= 15 is 0 Å². The quantitative estimate of drug-likeness (QED) is 0.883. The molecule has 2 aromatic rings. The molecule has 0 aromatic heterocycles. The van der Waals surface area contributed by atoms with Crippen LogP contribution >= 0.6 is 0 Å². The Bertz CT molecular complexity index is 799. The lowest BCUT2D eigenvalue weighted by molar-refractivity contribution is -0.120. The van der Waals surface area contributed by atoms with Crippen molar-refractivity contribution in [3.63, 3.8) is 0 Å². The minimum absolute atomic E-state index is 0.00623. The van der Waals surface area contributed by atoms with Gasteiger partial charge in [-0.3, -0.25) is 9.79 Å². The highest BCUT2D eigenvalue weighted by atomic mass is 16.5.